The monoisotopic (exact) mass is 346 g/mol. The zero-order chi connectivity index (χ0) is 17.0. The van der Waals surface area contributed by atoms with E-state index in [-0.39, 0.29) is 0 Å². The highest BCUT2D eigenvalue weighted by molar-refractivity contribution is 7.00. The van der Waals surface area contributed by atoms with Crippen LogP contribution in [0.5, 0.6) is 0 Å². The standard InChI is InChI=1S/C19H26N2O2S/c22-18(23)15-10-8-6-4-2-1-3-5-7-9-12-16-13-11-14-17-19(16)21-24-20-17/h9,11-14H,1-8,10,15H2,(H,22,23)/b12-9+. The molecule has 0 aliphatic carbocycles. The number of aromatic nitrogens is 2. The van der Waals surface area contributed by atoms with Crippen molar-refractivity contribution in [2.45, 2.75) is 64.2 Å². The Morgan fingerprint density at radius 3 is 2.46 bits per heavy atom. The van der Waals surface area contributed by atoms with Gasteiger partial charge in [0.25, 0.3) is 0 Å². The summed E-state index contributed by atoms with van der Waals surface area (Å²) < 4.78 is 8.61. The number of allylic oxidation sites excluding steroid dienone is 1. The first-order valence-electron chi connectivity index (χ1n) is 8.87. The highest BCUT2D eigenvalue weighted by Gasteiger charge is 2.01. The molecule has 1 N–H and O–H groups in total. The predicted octanol–water partition coefficient (Wildman–Crippen LogP) is 5.69. The van der Waals surface area contributed by atoms with Crippen molar-refractivity contribution in [3.05, 3.63) is 29.8 Å². The summed E-state index contributed by atoms with van der Waals surface area (Å²) in [5.41, 5.74) is 3.13. The molecule has 0 bridgehead atoms. The van der Waals surface area contributed by atoms with Crippen LogP contribution < -0.4 is 0 Å². The number of hydrogen-bond donors (Lipinski definition) is 1. The van der Waals surface area contributed by atoms with Crippen LogP contribution in [0.4, 0.5) is 0 Å². The highest BCUT2D eigenvalue weighted by atomic mass is 32.1. The molecule has 0 fully saturated rings. The lowest BCUT2D eigenvalue weighted by atomic mass is 10.1. The summed E-state index contributed by atoms with van der Waals surface area (Å²) in [5.74, 6) is -0.676. The van der Waals surface area contributed by atoms with Crippen LogP contribution >= 0.6 is 11.7 Å². The summed E-state index contributed by atoms with van der Waals surface area (Å²) in [4.78, 5) is 10.4. The molecule has 0 radical (unpaired) electrons. The summed E-state index contributed by atoms with van der Waals surface area (Å²) >= 11 is 1.27. The van der Waals surface area contributed by atoms with Crippen molar-refractivity contribution in [3.63, 3.8) is 0 Å². The molecule has 0 spiro atoms. The molecule has 0 saturated heterocycles. The van der Waals surface area contributed by atoms with Crippen LogP contribution in [0.25, 0.3) is 17.1 Å². The van der Waals surface area contributed by atoms with Crippen LogP contribution in [0.1, 0.15) is 69.8 Å². The van der Waals surface area contributed by atoms with Gasteiger partial charge in [-0.3, -0.25) is 4.79 Å². The Morgan fingerprint density at radius 2 is 1.71 bits per heavy atom. The molecule has 24 heavy (non-hydrogen) atoms. The maximum Gasteiger partial charge on any atom is 0.303 e. The maximum atomic E-state index is 10.4. The van der Waals surface area contributed by atoms with Gasteiger partial charge in [0.1, 0.15) is 11.0 Å². The average molecular weight is 346 g/mol. The third-order valence-corrected chi connectivity index (χ3v) is 4.67. The molecule has 5 heteroatoms. The van der Waals surface area contributed by atoms with Crippen LogP contribution in [0.15, 0.2) is 24.3 Å². The lowest BCUT2D eigenvalue weighted by Gasteiger charge is -2.01. The topological polar surface area (TPSA) is 63.1 Å². The summed E-state index contributed by atoms with van der Waals surface area (Å²) in [7, 11) is 0. The molecule has 0 atom stereocenters. The van der Waals surface area contributed by atoms with Crippen molar-refractivity contribution in [2.24, 2.45) is 0 Å². The second-order valence-electron chi connectivity index (χ2n) is 6.14. The van der Waals surface area contributed by atoms with E-state index in [1.54, 1.807) is 0 Å². The Kier molecular flexibility index (Phi) is 8.46. The fraction of sp³-hybridized carbons (Fsp3) is 0.526. The van der Waals surface area contributed by atoms with Crippen molar-refractivity contribution in [2.75, 3.05) is 0 Å². The number of rotatable bonds is 12. The SMILES string of the molecule is O=C(O)CCCCCCCCCC/C=C/c1cccc2nsnc12. The molecular formula is C19H26N2O2S. The Balaban J connectivity index is 1.50. The van der Waals surface area contributed by atoms with Crippen molar-refractivity contribution < 1.29 is 9.90 Å². The summed E-state index contributed by atoms with van der Waals surface area (Å²) in [5, 5.41) is 8.56. The zero-order valence-electron chi connectivity index (χ0n) is 14.1. The van der Waals surface area contributed by atoms with E-state index >= 15 is 0 Å². The van der Waals surface area contributed by atoms with Crippen LogP contribution in [0, 0.1) is 0 Å². The van der Waals surface area contributed by atoms with Crippen LogP contribution in [-0.4, -0.2) is 19.8 Å². The fourth-order valence-corrected chi connectivity index (χ4v) is 3.33. The first-order valence-corrected chi connectivity index (χ1v) is 9.60. The third kappa shape index (κ3) is 6.79. The smallest absolute Gasteiger partial charge is 0.303 e. The summed E-state index contributed by atoms with van der Waals surface area (Å²) in [6.45, 7) is 0. The number of aliphatic carboxylic acids is 1. The van der Waals surface area contributed by atoms with E-state index in [2.05, 4.69) is 27.0 Å². The van der Waals surface area contributed by atoms with Crippen LogP contribution in [0.2, 0.25) is 0 Å². The van der Waals surface area contributed by atoms with Crippen molar-refractivity contribution in [1.82, 2.24) is 8.75 Å². The van der Waals surface area contributed by atoms with Gasteiger partial charge in [0.15, 0.2) is 0 Å². The van der Waals surface area contributed by atoms with E-state index in [4.69, 9.17) is 5.11 Å². The van der Waals surface area contributed by atoms with Gasteiger partial charge in [0, 0.05) is 12.0 Å². The lowest BCUT2D eigenvalue weighted by Crippen LogP contribution is -1.93. The number of nitrogens with zero attached hydrogens (tertiary/aromatic N) is 2. The largest absolute Gasteiger partial charge is 0.481 e. The molecule has 4 nitrogen and oxygen atoms in total. The lowest BCUT2D eigenvalue weighted by molar-refractivity contribution is -0.137. The normalized spacial score (nSPS) is 11.5. The zero-order valence-corrected chi connectivity index (χ0v) is 14.9. The van der Waals surface area contributed by atoms with Gasteiger partial charge in [-0.05, 0) is 25.3 Å². The first kappa shape index (κ1) is 18.6. The van der Waals surface area contributed by atoms with E-state index in [1.807, 2.05) is 12.1 Å². The number of benzene rings is 1. The number of carboxylic acid groups (broad SMARTS) is 1. The van der Waals surface area contributed by atoms with Gasteiger partial charge in [-0.15, -0.1) is 0 Å². The van der Waals surface area contributed by atoms with Gasteiger partial charge in [-0.25, -0.2) is 0 Å². The Bertz CT molecular complexity index is 652. The number of carboxylic acids is 1. The molecule has 1 aromatic carbocycles. The number of fused-ring (bicyclic) bond motifs is 1. The molecule has 0 saturated carbocycles. The summed E-state index contributed by atoms with van der Waals surface area (Å²) in [6.07, 6.45) is 15.1. The van der Waals surface area contributed by atoms with Gasteiger partial charge in [0.2, 0.25) is 0 Å². The van der Waals surface area contributed by atoms with E-state index in [1.165, 1.54) is 50.3 Å². The molecule has 0 unspecified atom stereocenters. The van der Waals surface area contributed by atoms with Gasteiger partial charge in [-0.1, -0.05) is 62.8 Å². The first-order chi connectivity index (χ1) is 11.8. The minimum atomic E-state index is -0.676. The molecule has 1 aromatic heterocycles. The predicted molar refractivity (Wildman–Crippen MR) is 100 cm³/mol. The fourth-order valence-electron chi connectivity index (χ4n) is 2.77. The molecule has 2 rings (SSSR count). The highest BCUT2D eigenvalue weighted by Crippen LogP contribution is 2.18. The molecular weight excluding hydrogens is 320 g/mol. The minimum Gasteiger partial charge on any atom is -0.481 e. The molecule has 2 aromatic rings. The van der Waals surface area contributed by atoms with E-state index in [0.717, 1.165) is 35.9 Å². The van der Waals surface area contributed by atoms with Gasteiger partial charge < -0.3 is 5.11 Å². The number of carbonyl (C=O) groups is 1. The number of unbranched alkanes of at least 4 members (excludes halogenated alkanes) is 8. The molecule has 1 heterocycles. The second kappa shape index (κ2) is 10.9. The van der Waals surface area contributed by atoms with Crippen LogP contribution in [0.3, 0.4) is 0 Å². The summed E-state index contributed by atoms with van der Waals surface area (Å²) in [6, 6.07) is 6.11. The van der Waals surface area contributed by atoms with Crippen molar-refractivity contribution in [3.8, 4) is 0 Å². The third-order valence-electron chi connectivity index (χ3n) is 4.13. The molecule has 0 aliphatic rings. The van der Waals surface area contributed by atoms with E-state index in [9.17, 15) is 4.79 Å². The minimum absolute atomic E-state index is 0.316. The average Bonchev–Trinajstić information content (AvgIpc) is 3.05. The van der Waals surface area contributed by atoms with Crippen LogP contribution in [-0.2, 0) is 4.79 Å². The Morgan fingerprint density at radius 1 is 1.00 bits per heavy atom. The second-order valence-corrected chi connectivity index (χ2v) is 6.67. The van der Waals surface area contributed by atoms with Gasteiger partial charge >= 0.3 is 5.97 Å². The molecule has 0 amide bonds. The van der Waals surface area contributed by atoms with Crippen molar-refractivity contribution in [1.29, 1.82) is 0 Å². The Labute approximate surface area is 147 Å². The van der Waals surface area contributed by atoms with Gasteiger partial charge in [0.05, 0.1) is 11.7 Å². The number of hydrogen-bond acceptors (Lipinski definition) is 4. The van der Waals surface area contributed by atoms with E-state index in [0.29, 0.717) is 6.42 Å². The molecule has 130 valence electrons. The Hall–Kier alpha value is -1.75. The van der Waals surface area contributed by atoms with E-state index < -0.39 is 5.97 Å². The quantitative estimate of drug-likeness (QED) is 0.501. The molecule has 0 aliphatic heterocycles. The maximum absolute atomic E-state index is 10.4. The van der Waals surface area contributed by atoms with Gasteiger partial charge in [-0.2, -0.15) is 8.75 Å². The van der Waals surface area contributed by atoms with Crippen molar-refractivity contribution >= 4 is 34.8 Å².